The molecule has 0 amide bonds. The zero-order chi connectivity index (χ0) is 25.3. The van der Waals surface area contributed by atoms with Gasteiger partial charge in [0.15, 0.2) is 23.0 Å². The Labute approximate surface area is 215 Å². The van der Waals surface area contributed by atoms with Crippen LogP contribution in [0.15, 0.2) is 24.3 Å². The third-order valence-corrected chi connectivity index (χ3v) is 4.50. The number of carbonyl (C=O) groups is 2. The Bertz CT molecular complexity index is 1060. The van der Waals surface area contributed by atoms with Gasteiger partial charge in [0.1, 0.15) is 26.4 Å². The van der Waals surface area contributed by atoms with Crippen LogP contribution in [0.1, 0.15) is 46.2 Å². The smallest absolute Gasteiger partial charge is 0.338 e. The Morgan fingerprint density at radius 1 is 0.857 bits per heavy atom. The number of carbonyl (C=O) groups excluding carboxylic acids is 1. The number of ether oxygens (including phenoxy) is 5. The van der Waals surface area contributed by atoms with Gasteiger partial charge in [-0.2, -0.15) is 0 Å². The van der Waals surface area contributed by atoms with E-state index in [9.17, 15) is 9.59 Å². The number of halogens is 2. The van der Waals surface area contributed by atoms with Crippen LogP contribution in [0.2, 0.25) is 0 Å². The molecule has 0 unspecified atom stereocenters. The lowest BCUT2D eigenvalue weighted by Crippen LogP contribution is -2.17. The van der Waals surface area contributed by atoms with Gasteiger partial charge in [0.25, 0.3) is 0 Å². The van der Waals surface area contributed by atoms with E-state index in [-0.39, 0.29) is 19.0 Å². The zero-order valence-corrected chi connectivity index (χ0v) is 21.1. The maximum atomic E-state index is 11.6. The summed E-state index contributed by atoms with van der Waals surface area (Å²) in [6.07, 6.45) is 0. The molecule has 2 aromatic rings. The van der Waals surface area contributed by atoms with E-state index in [1.807, 2.05) is 6.92 Å². The molecule has 0 bridgehead atoms. The Morgan fingerprint density at radius 2 is 1.20 bits per heavy atom. The fourth-order valence-electron chi connectivity index (χ4n) is 3.04. The molecular formula is C23H28Cl2O9S. The van der Waals surface area contributed by atoms with E-state index in [0.717, 1.165) is 5.56 Å². The van der Waals surface area contributed by atoms with Crippen molar-refractivity contribution >= 4 is 42.5 Å². The molecule has 2 heterocycles. The Morgan fingerprint density at radius 3 is 1.57 bits per heavy atom. The number of aromatic carboxylic acids is 1. The molecule has 4 rings (SSSR count). The fraction of sp³-hybridized carbons (Fsp3) is 0.391. The molecule has 12 heteroatoms. The van der Waals surface area contributed by atoms with Gasteiger partial charge >= 0.3 is 11.9 Å². The topological polar surface area (TPSA) is 118 Å². The first kappa shape index (κ1) is 30.3. The van der Waals surface area contributed by atoms with Gasteiger partial charge in [-0.25, -0.2) is 13.8 Å². The van der Waals surface area contributed by atoms with E-state index >= 15 is 0 Å². The summed E-state index contributed by atoms with van der Waals surface area (Å²) in [7, 11) is 7.36. The van der Waals surface area contributed by atoms with Crippen molar-refractivity contribution in [1.82, 2.24) is 0 Å². The summed E-state index contributed by atoms with van der Waals surface area (Å²) < 4.78 is 35.5. The van der Waals surface area contributed by atoms with Crippen LogP contribution in [-0.4, -0.2) is 54.3 Å². The first-order valence-corrected chi connectivity index (χ1v) is 12.9. The number of fused-ring (bicyclic) bond motifs is 2. The van der Waals surface area contributed by atoms with E-state index in [1.54, 1.807) is 32.0 Å². The average Bonchev–Trinajstić information content (AvgIpc) is 2.78. The minimum absolute atomic E-state index is 0. The standard InChI is InChI=1S/C12H14O4.C10H10O4.CH4.Cl2OS/c1-3-14-12(13)9-7-11-10(6-8(9)2)15-4-5-16-11;1-6-4-8-9(14-3-2-13-8)5-7(6)10(11)12;;1-4(2)3/h6-7H,3-5H2,1-2H3;4-5H,2-3H2,1H3,(H,11,12);1H4;. The van der Waals surface area contributed by atoms with Crippen molar-refractivity contribution in [1.29, 1.82) is 0 Å². The molecular weight excluding hydrogens is 523 g/mol. The number of hydrogen-bond donors (Lipinski definition) is 1. The Hall–Kier alpha value is -2.69. The summed E-state index contributed by atoms with van der Waals surface area (Å²) >= 11 is 0. The third-order valence-electron chi connectivity index (χ3n) is 4.50. The second kappa shape index (κ2) is 14.7. The van der Waals surface area contributed by atoms with Crippen molar-refractivity contribution in [3.63, 3.8) is 0 Å². The average molecular weight is 551 g/mol. The van der Waals surface area contributed by atoms with Gasteiger partial charge in [0, 0.05) is 21.4 Å². The zero-order valence-electron chi connectivity index (χ0n) is 18.7. The molecule has 0 spiro atoms. The molecule has 0 saturated heterocycles. The normalized spacial score (nSPS) is 12.6. The number of rotatable bonds is 3. The van der Waals surface area contributed by atoms with Gasteiger partial charge in [-0.15, -0.1) is 0 Å². The van der Waals surface area contributed by atoms with Crippen LogP contribution in [0.3, 0.4) is 0 Å². The van der Waals surface area contributed by atoms with Crippen molar-refractivity contribution in [2.24, 2.45) is 0 Å². The van der Waals surface area contributed by atoms with Crippen LogP contribution in [0.5, 0.6) is 23.0 Å². The van der Waals surface area contributed by atoms with Gasteiger partial charge in [0.05, 0.1) is 17.7 Å². The van der Waals surface area contributed by atoms with Gasteiger partial charge in [-0.3, -0.25) is 0 Å². The predicted octanol–water partition coefficient (Wildman–Crippen LogP) is 5.09. The van der Waals surface area contributed by atoms with Gasteiger partial charge < -0.3 is 28.8 Å². The molecule has 0 aliphatic carbocycles. The lowest BCUT2D eigenvalue weighted by atomic mass is 10.1. The van der Waals surface area contributed by atoms with E-state index in [4.69, 9.17) is 33.0 Å². The molecule has 9 nitrogen and oxygen atoms in total. The first-order valence-electron chi connectivity index (χ1n) is 10.1. The number of hydrogen-bond acceptors (Lipinski definition) is 8. The molecule has 1 N–H and O–H groups in total. The summed E-state index contributed by atoms with van der Waals surface area (Å²) in [4.78, 5) is 22.4. The van der Waals surface area contributed by atoms with Gasteiger partial charge in [0.2, 0.25) is 9.23 Å². The second-order valence-corrected chi connectivity index (χ2v) is 9.36. The lowest BCUT2D eigenvalue weighted by molar-refractivity contribution is 0.0523. The number of benzene rings is 2. The van der Waals surface area contributed by atoms with Crippen molar-refractivity contribution in [2.45, 2.75) is 28.2 Å². The van der Waals surface area contributed by atoms with Crippen LogP contribution >= 0.6 is 21.4 Å². The highest BCUT2D eigenvalue weighted by molar-refractivity contribution is 8.26. The van der Waals surface area contributed by atoms with Gasteiger partial charge in [-0.05, 0) is 56.2 Å². The molecule has 0 aromatic heterocycles. The summed E-state index contributed by atoms with van der Waals surface area (Å²) in [5.74, 6) is 1.17. The second-order valence-electron chi connectivity index (χ2n) is 6.83. The Kier molecular flexibility index (Phi) is 12.7. The van der Waals surface area contributed by atoms with E-state index in [2.05, 4.69) is 21.4 Å². The van der Waals surface area contributed by atoms with Crippen molar-refractivity contribution < 1.29 is 42.6 Å². The molecule has 2 aliphatic heterocycles. The van der Waals surface area contributed by atoms with Crippen LogP contribution in [-0.2, 0) is 14.0 Å². The highest BCUT2D eigenvalue weighted by Crippen LogP contribution is 2.34. The maximum absolute atomic E-state index is 11.6. The van der Waals surface area contributed by atoms with Crippen LogP contribution in [0.25, 0.3) is 0 Å². The Balaban J connectivity index is 0.000000299. The van der Waals surface area contributed by atoms with Crippen LogP contribution < -0.4 is 18.9 Å². The summed E-state index contributed by atoms with van der Waals surface area (Å²) in [6.45, 7) is 7.78. The molecule has 2 aliphatic rings. The quantitative estimate of drug-likeness (QED) is 0.411. The minimum Gasteiger partial charge on any atom is -0.486 e. The lowest BCUT2D eigenvalue weighted by Gasteiger charge is -2.19. The van der Waals surface area contributed by atoms with Gasteiger partial charge in [-0.1, -0.05) is 7.43 Å². The monoisotopic (exact) mass is 550 g/mol. The molecule has 0 saturated carbocycles. The van der Waals surface area contributed by atoms with E-state index < -0.39 is 15.2 Å². The largest absolute Gasteiger partial charge is 0.486 e. The molecule has 0 fully saturated rings. The molecule has 194 valence electrons. The fourth-order valence-corrected chi connectivity index (χ4v) is 3.04. The van der Waals surface area contributed by atoms with E-state index in [0.29, 0.717) is 67.2 Å². The third kappa shape index (κ3) is 9.12. The van der Waals surface area contributed by atoms with Crippen LogP contribution in [0, 0.1) is 13.8 Å². The summed E-state index contributed by atoms with van der Waals surface area (Å²) in [5, 5.41) is 8.87. The number of esters is 1. The highest BCUT2D eigenvalue weighted by Gasteiger charge is 2.19. The number of aryl methyl sites for hydroxylation is 2. The SMILES string of the molecule is C.CCOC(=O)c1cc2c(cc1C)OCCO2.Cc1cc2c(cc1C(=O)O)OCCO2.O=S(Cl)Cl. The van der Waals surface area contributed by atoms with Crippen molar-refractivity contribution in [3.8, 4) is 23.0 Å². The van der Waals surface area contributed by atoms with Crippen molar-refractivity contribution in [3.05, 3.63) is 46.5 Å². The number of carboxylic acids is 1. The first-order chi connectivity index (χ1) is 16.1. The molecule has 35 heavy (non-hydrogen) atoms. The van der Waals surface area contributed by atoms with Crippen molar-refractivity contribution in [2.75, 3.05) is 33.0 Å². The minimum atomic E-state index is -1.67. The summed E-state index contributed by atoms with van der Waals surface area (Å²) in [6, 6.07) is 6.69. The van der Waals surface area contributed by atoms with Crippen LogP contribution in [0.4, 0.5) is 0 Å². The summed E-state index contributed by atoms with van der Waals surface area (Å²) in [5.41, 5.74) is 2.31. The molecule has 2 aromatic carbocycles. The molecule has 0 radical (unpaired) electrons. The highest BCUT2D eigenvalue weighted by atomic mass is 36.0. The predicted molar refractivity (Wildman–Crippen MR) is 134 cm³/mol. The maximum Gasteiger partial charge on any atom is 0.338 e. The molecule has 0 atom stereocenters. The number of carboxylic acid groups (broad SMARTS) is 1. The van der Waals surface area contributed by atoms with E-state index in [1.165, 1.54) is 6.07 Å².